The zero-order chi connectivity index (χ0) is 13.9. The fourth-order valence-electron chi connectivity index (χ4n) is 2.29. The summed E-state index contributed by atoms with van der Waals surface area (Å²) in [5.74, 6) is 0.636. The van der Waals surface area contributed by atoms with Crippen LogP contribution < -0.4 is 0 Å². The van der Waals surface area contributed by atoms with Crippen LogP contribution in [0.15, 0.2) is 0 Å². The van der Waals surface area contributed by atoms with Gasteiger partial charge in [-0.25, -0.2) is 0 Å². The maximum atomic E-state index is 11.7. The van der Waals surface area contributed by atoms with Crippen molar-refractivity contribution in [3.63, 3.8) is 0 Å². The summed E-state index contributed by atoms with van der Waals surface area (Å²) in [7, 11) is 0. The highest BCUT2D eigenvalue weighted by atomic mass is 32.2. The predicted octanol–water partition coefficient (Wildman–Crippen LogP) is 3.54. The van der Waals surface area contributed by atoms with E-state index in [1.54, 1.807) is 0 Å². The molecule has 0 aliphatic carbocycles. The molecule has 0 spiro atoms. The number of esters is 1. The van der Waals surface area contributed by atoms with Gasteiger partial charge in [-0.2, -0.15) is 0 Å². The van der Waals surface area contributed by atoms with E-state index in [1.165, 1.54) is 50.3 Å². The van der Waals surface area contributed by atoms with E-state index in [0.29, 0.717) is 13.0 Å². The molecule has 1 rings (SSSR count). The zero-order valence-electron chi connectivity index (χ0n) is 12.1. The highest BCUT2D eigenvalue weighted by Gasteiger charge is 2.33. The third kappa shape index (κ3) is 7.21. The summed E-state index contributed by atoms with van der Waals surface area (Å²) < 4.78 is 5.22. The number of thioether (sulfide) groups is 1. The maximum absolute atomic E-state index is 11.7. The quantitative estimate of drug-likeness (QED) is 0.493. The minimum Gasteiger partial charge on any atom is -0.465 e. The average Bonchev–Trinajstić information content (AvgIpc) is 2.83. The van der Waals surface area contributed by atoms with Crippen molar-refractivity contribution in [2.45, 2.75) is 76.1 Å². The fraction of sp³-hybridized carbons (Fsp3) is 0.933. The molecule has 112 valence electrons. The van der Waals surface area contributed by atoms with Gasteiger partial charge in [-0.15, -0.1) is 11.8 Å². The maximum Gasteiger partial charge on any atom is 0.321 e. The lowest BCUT2D eigenvalue weighted by Crippen LogP contribution is -2.28. The molecular weight excluding hydrogens is 260 g/mol. The van der Waals surface area contributed by atoms with Crippen molar-refractivity contribution in [1.82, 2.24) is 0 Å². The molecule has 0 saturated carbocycles. The van der Waals surface area contributed by atoms with E-state index in [1.807, 2.05) is 0 Å². The van der Waals surface area contributed by atoms with Crippen molar-refractivity contribution < 1.29 is 14.6 Å². The summed E-state index contributed by atoms with van der Waals surface area (Å²) in [6, 6.07) is 0. The molecule has 1 aliphatic heterocycles. The van der Waals surface area contributed by atoms with Crippen molar-refractivity contribution in [2.24, 2.45) is 0 Å². The zero-order valence-corrected chi connectivity index (χ0v) is 12.9. The number of hydrogen-bond donors (Lipinski definition) is 1. The van der Waals surface area contributed by atoms with Gasteiger partial charge in [0.15, 0.2) is 0 Å². The Morgan fingerprint density at radius 1 is 1.16 bits per heavy atom. The van der Waals surface area contributed by atoms with Gasteiger partial charge in [0.2, 0.25) is 0 Å². The Morgan fingerprint density at radius 3 is 2.37 bits per heavy atom. The van der Waals surface area contributed by atoms with Gasteiger partial charge in [0.25, 0.3) is 0 Å². The van der Waals surface area contributed by atoms with E-state index in [9.17, 15) is 9.90 Å². The Morgan fingerprint density at radius 2 is 1.79 bits per heavy atom. The summed E-state index contributed by atoms with van der Waals surface area (Å²) >= 11 is 1.51. The van der Waals surface area contributed by atoms with Crippen LogP contribution in [0.25, 0.3) is 0 Å². The van der Waals surface area contributed by atoms with Gasteiger partial charge in [-0.05, 0) is 18.6 Å². The number of aliphatic hydroxyl groups is 1. The van der Waals surface area contributed by atoms with Gasteiger partial charge in [0, 0.05) is 0 Å². The van der Waals surface area contributed by atoms with Crippen molar-refractivity contribution in [3.05, 3.63) is 0 Å². The van der Waals surface area contributed by atoms with Crippen molar-refractivity contribution in [1.29, 1.82) is 0 Å². The van der Waals surface area contributed by atoms with Gasteiger partial charge in [0.05, 0.1) is 12.7 Å². The van der Waals surface area contributed by atoms with Crippen molar-refractivity contribution in [2.75, 3.05) is 12.4 Å². The molecular formula is C15H28O3S. The lowest BCUT2D eigenvalue weighted by atomic mass is 10.1. The molecule has 0 bridgehead atoms. The summed E-state index contributed by atoms with van der Waals surface area (Å²) in [5.41, 5.74) is 0. The second kappa shape index (κ2) is 10.6. The molecule has 19 heavy (non-hydrogen) atoms. The second-order valence-corrected chi connectivity index (χ2v) is 6.54. The molecule has 1 heterocycles. The number of ether oxygens (including phenoxy) is 1. The van der Waals surface area contributed by atoms with E-state index in [4.69, 9.17) is 4.74 Å². The monoisotopic (exact) mass is 288 g/mol. The second-order valence-electron chi connectivity index (χ2n) is 5.29. The molecule has 1 fully saturated rings. The Balaban J connectivity index is 1.89. The van der Waals surface area contributed by atoms with Gasteiger partial charge in [-0.1, -0.05) is 51.9 Å². The number of carbonyl (C=O) groups is 1. The van der Waals surface area contributed by atoms with Crippen LogP contribution in [-0.4, -0.2) is 34.8 Å². The molecule has 0 aromatic rings. The van der Waals surface area contributed by atoms with E-state index < -0.39 is 6.10 Å². The van der Waals surface area contributed by atoms with Crippen LogP contribution in [0.2, 0.25) is 0 Å². The van der Waals surface area contributed by atoms with Gasteiger partial charge < -0.3 is 9.84 Å². The van der Waals surface area contributed by atoms with E-state index in [0.717, 1.165) is 18.6 Å². The van der Waals surface area contributed by atoms with Crippen LogP contribution in [0, 0.1) is 0 Å². The van der Waals surface area contributed by atoms with E-state index in [2.05, 4.69) is 6.92 Å². The Kier molecular flexibility index (Phi) is 9.35. The third-order valence-electron chi connectivity index (χ3n) is 3.54. The number of carbonyl (C=O) groups excluding carboxylic acids is 1. The largest absolute Gasteiger partial charge is 0.465 e. The first-order valence-electron chi connectivity index (χ1n) is 7.72. The van der Waals surface area contributed by atoms with Crippen LogP contribution in [-0.2, 0) is 9.53 Å². The highest BCUT2D eigenvalue weighted by Crippen LogP contribution is 2.27. The lowest BCUT2D eigenvalue weighted by molar-refractivity contribution is -0.144. The van der Waals surface area contributed by atoms with Crippen LogP contribution in [0.5, 0.6) is 0 Å². The van der Waals surface area contributed by atoms with Crippen LogP contribution in [0.1, 0.15) is 64.7 Å². The Bertz CT molecular complexity index is 246. The molecule has 0 aromatic heterocycles. The van der Waals surface area contributed by atoms with E-state index >= 15 is 0 Å². The molecule has 0 radical (unpaired) electrons. The standard InChI is InChI=1S/C15H28O3S/c1-2-3-4-5-6-7-8-9-11-18-15(17)14-13(16)10-12-19-14/h13-14,16H,2-12H2,1H3. The van der Waals surface area contributed by atoms with Crippen LogP contribution >= 0.6 is 11.8 Å². The minimum absolute atomic E-state index is 0.224. The predicted molar refractivity (Wildman–Crippen MR) is 80.4 cm³/mol. The smallest absolute Gasteiger partial charge is 0.321 e. The summed E-state index contributed by atoms with van der Waals surface area (Å²) in [6.07, 6.45) is 10.2. The topological polar surface area (TPSA) is 46.5 Å². The fourth-order valence-corrected chi connectivity index (χ4v) is 3.49. The van der Waals surface area contributed by atoms with Crippen LogP contribution in [0.4, 0.5) is 0 Å². The highest BCUT2D eigenvalue weighted by molar-refractivity contribution is 8.00. The number of aliphatic hydroxyl groups excluding tert-OH is 1. The summed E-state index contributed by atoms with van der Waals surface area (Å²) in [6.45, 7) is 2.74. The van der Waals surface area contributed by atoms with Crippen molar-refractivity contribution >= 4 is 17.7 Å². The lowest BCUT2D eigenvalue weighted by Gasteiger charge is -2.12. The van der Waals surface area contributed by atoms with Gasteiger partial charge in [0.1, 0.15) is 5.25 Å². The summed E-state index contributed by atoms with van der Waals surface area (Å²) in [4.78, 5) is 11.7. The number of hydrogen-bond acceptors (Lipinski definition) is 4. The Hall–Kier alpha value is -0.220. The first kappa shape index (κ1) is 16.8. The molecule has 2 unspecified atom stereocenters. The molecule has 2 atom stereocenters. The first-order chi connectivity index (χ1) is 9.25. The third-order valence-corrected chi connectivity index (χ3v) is 4.87. The van der Waals surface area contributed by atoms with Gasteiger partial charge in [-0.3, -0.25) is 4.79 Å². The van der Waals surface area contributed by atoms with E-state index in [-0.39, 0.29) is 11.2 Å². The molecule has 0 aromatic carbocycles. The Labute approximate surface area is 121 Å². The molecule has 4 heteroatoms. The summed E-state index contributed by atoms with van der Waals surface area (Å²) in [5, 5.41) is 9.24. The van der Waals surface area contributed by atoms with Crippen molar-refractivity contribution in [3.8, 4) is 0 Å². The number of rotatable bonds is 10. The average molecular weight is 288 g/mol. The minimum atomic E-state index is -0.504. The molecule has 3 nitrogen and oxygen atoms in total. The van der Waals surface area contributed by atoms with Gasteiger partial charge >= 0.3 is 5.97 Å². The first-order valence-corrected chi connectivity index (χ1v) is 8.77. The molecule has 1 aliphatic rings. The van der Waals surface area contributed by atoms with Crippen LogP contribution in [0.3, 0.4) is 0 Å². The molecule has 1 N–H and O–H groups in total. The molecule has 0 amide bonds. The normalized spacial score (nSPS) is 22.6. The number of unbranched alkanes of at least 4 members (excludes halogenated alkanes) is 7. The molecule has 1 saturated heterocycles. The SMILES string of the molecule is CCCCCCCCCCOC(=O)C1SCCC1O.